The lowest BCUT2D eigenvalue weighted by Crippen LogP contribution is -2.24. The van der Waals surface area contributed by atoms with Crippen LogP contribution in [0.25, 0.3) is 0 Å². The summed E-state index contributed by atoms with van der Waals surface area (Å²) in [5.74, 6) is 1.14. The monoisotopic (exact) mass is 251 g/mol. The van der Waals surface area contributed by atoms with E-state index in [0.29, 0.717) is 12.1 Å². The van der Waals surface area contributed by atoms with Crippen LogP contribution in [0, 0.1) is 0 Å². The van der Waals surface area contributed by atoms with Gasteiger partial charge in [0.2, 0.25) is 0 Å². The van der Waals surface area contributed by atoms with Crippen LogP contribution in [-0.4, -0.2) is 28.3 Å². The molecule has 1 aliphatic rings. The average Bonchev–Trinajstić information content (AvgIpc) is 2.97. The minimum Gasteiger partial charge on any atom is -0.378 e. The molecule has 1 atom stereocenters. The van der Waals surface area contributed by atoms with Crippen molar-refractivity contribution in [2.45, 2.75) is 64.8 Å². The Kier molecular flexibility index (Phi) is 5.20. The topological polar surface area (TPSA) is 39.1 Å². The van der Waals surface area contributed by atoms with E-state index in [1.54, 1.807) is 0 Å². The maximum absolute atomic E-state index is 5.64. The number of ether oxygens (including phenoxy) is 1. The molecule has 0 amide bonds. The fraction of sp³-hybridized carbons (Fsp3) is 0.786. The highest BCUT2D eigenvalue weighted by Gasteiger charge is 2.14. The fourth-order valence-corrected chi connectivity index (χ4v) is 2.37. The molecule has 1 fully saturated rings. The molecule has 1 N–H and O–H groups in total. The number of imidazole rings is 1. The largest absolute Gasteiger partial charge is 0.378 e. The average molecular weight is 251 g/mol. The number of aryl methyl sites for hydroxylation is 1. The van der Waals surface area contributed by atoms with Gasteiger partial charge in [0.1, 0.15) is 5.82 Å². The molecule has 1 unspecified atom stereocenters. The zero-order valence-electron chi connectivity index (χ0n) is 11.6. The van der Waals surface area contributed by atoms with Gasteiger partial charge in [0.05, 0.1) is 12.6 Å². The third kappa shape index (κ3) is 4.10. The summed E-state index contributed by atoms with van der Waals surface area (Å²) in [5, 5.41) is 3.41. The van der Waals surface area contributed by atoms with Gasteiger partial charge in [-0.2, -0.15) is 0 Å². The highest BCUT2D eigenvalue weighted by atomic mass is 16.5. The van der Waals surface area contributed by atoms with Gasteiger partial charge in [-0.15, -0.1) is 0 Å². The van der Waals surface area contributed by atoms with E-state index in [9.17, 15) is 0 Å². The Bertz CT molecular complexity index is 343. The normalized spacial score (nSPS) is 19.8. The van der Waals surface area contributed by atoms with Crippen molar-refractivity contribution < 1.29 is 4.74 Å². The van der Waals surface area contributed by atoms with Gasteiger partial charge >= 0.3 is 0 Å². The number of aromatic nitrogens is 2. The van der Waals surface area contributed by atoms with Crippen LogP contribution in [0.4, 0.5) is 0 Å². The van der Waals surface area contributed by atoms with Gasteiger partial charge in [-0.05, 0) is 25.7 Å². The van der Waals surface area contributed by atoms with Crippen LogP contribution in [0.2, 0.25) is 0 Å². The molecule has 1 aromatic heterocycles. The van der Waals surface area contributed by atoms with Crippen molar-refractivity contribution in [3.05, 3.63) is 18.2 Å². The molecule has 0 aliphatic carbocycles. The van der Waals surface area contributed by atoms with E-state index in [1.807, 2.05) is 6.20 Å². The summed E-state index contributed by atoms with van der Waals surface area (Å²) in [4.78, 5) is 4.41. The quantitative estimate of drug-likeness (QED) is 0.808. The van der Waals surface area contributed by atoms with Gasteiger partial charge in [-0.3, -0.25) is 0 Å². The Labute approximate surface area is 110 Å². The third-order valence-corrected chi connectivity index (χ3v) is 3.42. The predicted octanol–water partition coefficient (Wildman–Crippen LogP) is 2.34. The van der Waals surface area contributed by atoms with E-state index in [0.717, 1.165) is 25.5 Å². The fourth-order valence-electron chi connectivity index (χ4n) is 2.37. The molecule has 1 aliphatic heterocycles. The lowest BCUT2D eigenvalue weighted by molar-refractivity contribution is 0.101. The number of nitrogens with one attached hydrogen (secondary N) is 1. The smallest absolute Gasteiger partial charge is 0.122 e. The lowest BCUT2D eigenvalue weighted by atomic mass is 10.1. The van der Waals surface area contributed by atoms with Crippen LogP contribution in [0.3, 0.4) is 0 Å². The highest BCUT2D eigenvalue weighted by Crippen LogP contribution is 2.17. The molecule has 1 saturated heterocycles. The summed E-state index contributed by atoms with van der Waals surface area (Å²) in [5.41, 5.74) is 0. The number of hydrogen-bond donors (Lipinski definition) is 1. The summed E-state index contributed by atoms with van der Waals surface area (Å²) in [6.07, 6.45) is 9.30. The molecular formula is C14H25N3O. The van der Waals surface area contributed by atoms with Crippen LogP contribution in [-0.2, 0) is 17.8 Å². The maximum Gasteiger partial charge on any atom is 0.122 e. The van der Waals surface area contributed by atoms with E-state index in [4.69, 9.17) is 4.74 Å². The summed E-state index contributed by atoms with van der Waals surface area (Å²) in [6, 6.07) is 0.502. The van der Waals surface area contributed by atoms with Crippen molar-refractivity contribution in [3.8, 4) is 0 Å². The lowest BCUT2D eigenvalue weighted by Gasteiger charge is -2.12. The zero-order chi connectivity index (χ0) is 12.8. The van der Waals surface area contributed by atoms with Crippen LogP contribution in [0.1, 0.15) is 45.4 Å². The Hall–Kier alpha value is -0.870. The molecule has 4 heteroatoms. The number of nitrogens with zero attached hydrogens (tertiary/aromatic N) is 2. The van der Waals surface area contributed by atoms with Crippen LogP contribution >= 0.6 is 0 Å². The van der Waals surface area contributed by atoms with Crippen molar-refractivity contribution in [1.82, 2.24) is 14.9 Å². The Morgan fingerprint density at radius 1 is 1.56 bits per heavy atom. The number of hydrogen-bond acceptors (Lipinski definition) is 3. The van der Waals surface area contributed by atoms with Crippen molar-refractivity contribution >= 4 is 0 Å². The van der Waals surface area contributed by atoms with E-state index in [-0.39, 0.29) is 0 Å². The van der Waals surface area contributed by atoms with Gasteiger partial charge in [0.25, 0.3) is 0 Å². The first-order valence-corrected chi connectivity index (χ1v) is 7.10. The van der Waals surface area contributed by atoms with Gasteiger partial charge in [0, 0.05) is 31.6 Å². The molecule has 4 nitrogen and oxygen atoms in total. The summed E-state index contributed by atoms with van der Waals surface area (Å²) < 4.78 is 7.90. The molecule has 102 valence electrons. The van der Waals surface area contributed by atoms with Gasteiger partial charge in [-0.25, -0.2) is 4.98 Å². The molecule has 0 saturated carbocycles. The highest BCUT2D eigenvalue weighted by molar-refractivity contribution is 4.92. The number of rotatable bonds is 7. The van der Waals surface area contributed by atoms with E-state index < -0.39 is 0 Å². The van der Waals surface area contributed by atoms with Crippen LogP contribution < -0.4 is 5.32 Å². The summed E-state index contributed by atoms with van der Waals surface area (Å²) >= 11 is 0. The predicted molar refractivity (Wildman–Crippen MR) is 72.4 cm³/mol. The second-order valence-electron chi connectivity index (χ2n) is 5.35. The van der Waals surface area contributed by atoms with E-state index in [2.05, 4.69) is 34.9 Å². The summed E-state index contributed by atoms with van der Waals surface area (Å²) in [6.45, 7) is 7.17. The van der Waals surface area contributed by atoms with Crippen molar-refractivity contribution in [3.63, 3.8) is 0 Å². The Balaban J connectivity index is 1.72. The van der Waals surface area contributed by atoms with Gasteiger partial charge in [-0.1, -0.05) is 13.8 Å². The minimum atomic E-state index is 0.502. The zero-order valence-corrected chi connectivity index (χ0v) is 11.6. The molecule has 0 aromatic carbocycles. The minimum absolute atomic E-state index is 0.502. The molecule has 2 heterocycles. The van der Waals surface area contributed by atoms with Gasteiger partial charge < -0.3 is 14.6 Å². The first-order chi connectivity index (χ1) is 8.75. The van der Waals surface area contributed by atoms with Crippen molar-refractivity contribution in [2.75, 3.05) is 6.61 Å². The first-order valence-electron chi connectivity index (χ1n) is 7.10. The molecule has 18 heavy (non-hydrogen) atoms. The van der Waals surface area contributed by atoms with E-state index in [1.165, 1.54) is 25.7 Å². The molecular weight excluding hydrogens is 226 g/mol. The van der Waals surface area contributed by atoms with Crippen LogP contribution in [0.15, 0.2) is 12.4 Å². The molecule has 2 rings (SSSR count). The maximum atomic E-state index is 5.64. The van der Waals surface area contributed by atoms with Crippen LogP contribution in [0.5, 0.6) is 0 Å². The van der Waals surface area contributed by atoms with Crippen molar-refractivity contribution in [2.24, 2.45) is 0 Å². The Morgan fingerprint density at radius 3 is 3.17 bits per heavy atom. The van der Waals surface area contributed by atoms with E-state index >= 15 is 0 Å². The van der Waals surface area contributed by atoms with Gasteiger partial charge in [0.15, 0.2) is 0 Å². The Morgan fingerprint density at radius 2 is 2.44 bits per heavy atom. The third-order valence-electron chi connectivity index (χ3n) is 3.42. The molecule has 0 bridgehead atoms. The second-order valence-corrected chi connectivity index (χ2v) is 5.35. The van der Waals surface area contributed by atoms with Crippen molar-refractivity contribution in [1.29, 1.82) is 0 Å². The second kappa shape index (κ2) is 6.90. The molecule has 0 spiro atoms. The first kappa shape index (κ1) is 13.6. The summed E-state index contributed by atoms with van der Waals surface area (Å²) in [7, 11) is 0. The molecule has 1 aromatic rings. The standard InChI is InChI=1S/C14H25N3O/c1-12(2)16-11-14-15-7-9-17(14)8-3-5-13-6-4-10-18-13/h7,9,12-13,16H,3-6,8,10-11H2,1-2H3. The molecule has 0 radical (unpaired) electrons. The SMILES string of the molecule is CC(C)NCc1nccn1CCCC1CCCO1.